The molecule has 82 valence electrons. The van der Waals surface area contributed by atoms with Gasteiger partial charge in [0.15, 0.2) is 0 Å². The minimum Gasteiger partial charge on any atom is -0.342 e. The van der Waals surface area contributed by atoms with Crippen LogP contribution < -0.4 is 10.5 Å². The Hall–Kier alpha value is -1.32. The summed E-state index contributed by atoms with van der Waals surface area (Å²) < 4.78 is 0. The van der Waals surface area contributed by atoms with Gasteiger partial charge >= 0.3 is 0 Å². The molecule has 1 N–H and O–H groups in total. The molecule has 1 saturated heterocycles. The minimum atomic E-state index is -0.0595. The molecule has 0 bridgehead atoms. The van der Waals surface area contributed by atoms with E-state index in [1.165, 1.54) is 18.9 Å². The average Bonchev–Trinajstić information content (AvgIpc) is 2.16. The van der Waals surface area contributed by atoms with Gasteiger partial charge < -0.3 is 4.90 Å². The maximum atomic E-state index is 11.3. The fraction of sp³-hybridized carbons (Fsp3) is 0.636. The van der Waals surface area contributed by atoms with Crippen molar-refractivity contribution in [3.05, 3.63) is 22.1 Å². The van der Waals surface area contributed by atoms with Gasteiger partial charge in [-0.1, -0.05) is 6.92 Å². The standard InChI is InChI=1S/C11H17N3O/c1-8-4-3-5-14(7-8)11-12-9(2)6-10(15)13-11/h6,8H,3-5,7H2,1-2H3,(H,12,13,15). The molecule has 4 nitrogen and oxygen atoms in total. The molecule has 1 fully saturated rings. The molecule has 2 heterocycles. The molecule has 1 aromatic rings. The Morgan fingerprint density at radius 3 is 3.07 bits per heavy atom. The summed E-state index contributed by atoms with van der Waals surface area (Å²) in [7, 11) is 0. The first-order valence-corrected chi connectivity index (χ1v) is 5.48. The molecule has 0 aromatic carbocycles. The third kappa shape index (κ3) is 2.37. The van der Waals surface area contributed by atoms with Crippen LogP contribution in [0.1, 0.15) is 25.5 Å². The summed E-state index contributed by atoms with van der Waals surface area (Å²) in [5, 5.41) is 0. The Labute approximate surface area is 89.3 Å². The number of aromatic nitrogens is 2. The smallest absolute Gasteiger partial charge is 0.252 e. The number of nitrogens with zero attached hydrogens (tertiary/aromatic N) is 2. The predicted octanol–water partition coefficient (Wildman–Crippen LogP) is 1.31. The van der Waals surface area contributed by atoms with Crippen LogP contribution in [-0.4, -0.2) is 23.1 Å². The zero-order valence-corrected chi connectivity index (χ0v) is 9.29. The fourth-order valence-corrected chi connectivity index (χ4v) is 2.09. The van der Waals surface area contributed by atoms with Gasteiger partial charge in [0.05, 0.1) is 0 Å². The van der Waals surface area contributed by atoms with Crippen molar-refractivity contribution in [3.63, 3.8) is 0 Å². The molecule has 2 rings (SSSR count). The monoisotopic (exact) mass is 207 g/mol. The van der Waals surface area contributed by atoms with Gasteiger partial charge in [0, 0.05) is 24.8 Å². The summed E-state index contributed by atoms with van der Waals surface area (Å²) >= 11 is 0. The summed E-state index contributed by atoms with van der Waals surface area (Å²) in [5.41, 5.74) is 0.725. The highest BCUT2D eigenvalue weighted by Gasteiger charge is 2.18. The normalized spacial score (nSPS) is 21.7. The lowest BCUT2D eigenvalue weighted by Crippen LogP contribution is -2.36. The van der Waals surface area contributed by atoms with Crippen molar-refractivity contribution in [2.75, 3.05) is 18.0 Å². The molecule has 4 heteroatoms. The van der Waals surface area contributed by atoms with Crippen LogP contribution in [0.5, 0.6) is 0 Å². The quantitative estimate of drug-likeness (QED) is 0.755. The molecule has 1 aromatic heterocycles. The Morgan fingerprint density at radius 1 is 1.60 bits per heavy atom. The van der Waals surface area contributed by atoms with Crippen molar-refractivity contribution >= 4 is 5.95 Å². The Bertz CT molecular complexity index is 399. The van der Waals surface area contributed by atoms with Crippen molar-refractivity contribution < 1.29 is 0 Å². The van der Waals surface area contributed by atoms with Crippen LogP contribution >= 0.6 is 0 Å². The second kappa shape index (κ2) is 4.04. The average molecular weight is 207 g/mol. The number of aryl methyl sites for hydroxylation is 1. The highest BCUT2D eigenvalue weighted by Crippen LogP contribution is 2.18. The van der Waals surface area contributed by atoms with Gasteiger partial charge in [-0.3, -0.25) is 9.78 Å². The fourth-order valence-electron chi connectivity index (χ4n) is 2.09. The summed E-state index contributed by atoms with van der Waals surface area (Å²) in [6.45, 7) is 6.08. The number of nitrogens with one attached hydrogen (secondary N) is 1. The summed E-state index contributed by atoms with van der Waals surface area (Å²) in [6.07, 6.45) is 2.45. The zero-order valence-electron chi connectivity index (χ0n) is 9.29. The first-order chi connectivity index (χ1) is 7.15. The third-order valence-corrected chi connectivity index (χ3v) is 2.81. The molecule has 15 heavy (non-hydrogen) atoms. The van der Waals surface area contributed by atoms with E-state index in [1.54, 1.807) is 0 Å². The Balaban J connectivity index is 2.24. The number of H-pyrrole nitrogens is 1. The Morgan fingerprint density at radius 2 is 2.40 bits per heavy atom. The number of anilines is 1. The van der Waals surface area contributed by atoms with Gasteiger partial charge in [-0.15, -0.1) is 0 Å². The molecule has 1 atom stereocenters. The van der Waals surface area contributed by atoms with Crippen molar-refractivity contribution in [2.24, 2.45) is 5.92 Å². The molecular formula is C11H17N3O. The molecule has 1 aliphatic rings. The van der Waals surface area contributed by atoms with Crippen LogP contribution in [0, 0.1) is 12.8 Å². The van der Waals surface area contributed by atoms with Gasteiger partial charge in [0.1, 0.15) is 0 Å². The number of piperidine rings is 1. The minimum absolute atomic E-state index is 0.0595. The SMILES string of the molecule is Cc1cc(=O)[nH]c(N2CCCC(C)C2)n1. The van der Waals surface area contributed by atoms with E-state index in [-0.39, 0.29) is 5.56 Å². The molecule has 0 radical (unpaired) electrons. The van der Waals surface area contributed by atoms with Gasteiger partial charge in [-0.05, 0) is 25.7 Å². The molecule has 0 saturated carbocycles. The van der Waals surface area contributed by atoms with E-state index < -0.39 is 0 Å². The molecular weight excluding hydrogens is 190 g/mol. The van der Waals surface area contributed by atoms with Crippen molar-refractivity contribution in [3.8, 4) is 0 Å². The van der Waals surface area contributed by atoms with Crippen LogP contribution in [0.25, 0.3) is 0 Å². The maximum Gasteiger partial charge on any atom is 0.252 e. The number of hydrogen-bond donors (Lipinski definition) is 1. The number of hydrogen-bond acceptors (Lipinski definition) is 3. The lowest BCUT2D eigenvalue weighted by molar-refractivity contribution is 0.441. The molecule has 1 unspecified atom stereocenters. The van der Waals surface area contributed by atoms with Gasteiger partial charge in [-0.2, -0.15) is 0 Å². The Kier molecular flexibility index (Phi) is 2.75. The van der Waals surface area contributed by atoms with E-state index >= 15 is 0 Å². The van der Waals surface area contributed by atoms with E-state index in [2.05, 4.69) is 21.8 Å². The number of aromatic amines is 1. The van der Waals surface area contributed by atoms with Crippen LogP contribution in [0.4, 0.5) is 5.95 Å². The summed E-state index contributed by atoms with van der Waals surface area (Å²) in [6, 6.07) is 1.52. The van der Waals surface area contributed by atoms with E-state index in [4.69, 9.17) is 0 Å². The van der Waals surface area contributed by atoms with E-state index in [1.807, 2.05) is 6.92 Å². The van der Waals surface area contributed by atoms with Crippen LogP contribution in [0.15, 0.2) is 10.9 Å². The second-order valence-electron chi connectivity index (χ2n) is 4.40. The summed E-state index contributed by atoms with van der Waals surface area (Å²) in [4.78, 5) is 20.6. The van der Waals surface area contributed by atoms with Gasteiger partial charge in [0.2, 0.25) is 5.95 Å². The topological polar surface area (TPSA) is 49.0 Å². The highest BCUT2D eigenvalue weighted by atomic mass is 16.1. The largest absolute Gasteiger partial charge is 0.342 e. The molecule has 0 aliphatic carbocycles. The molecule has 0 amide bonds. The first-order valence-electron chi connectivity index (χ1n) is 5.48. The van der Waals surface area contributed by atoms with Crippen molar-refractivity contribution in [1.82, 2.24) is 9.97 Å². The van der Waals surface area contributed by atoms with E-state index in [0.29, 0.717) is 5.92 Å². The predicted molar refractivity (Wildman–Crippen MR) is 60.2 cm³/mol. The lowest BCUT2D eigenvalue weighted by atomic mass is 10.0. The highest BCUT2D eigenvalue weighted by molar-refractivity contribution is 5.30. The third-order valence-electron chi connectivity index (χ3n) is 2.81. The van der Waals surface area contributed by atoms with Crippen LogP contribution in [-0.2, 0) is 0 Å². The van der Waals surface area contributed by atoms with Crippen LogP contribution in [0.3, 0.4) is 0 Å². The first kappa shape index (κ1) is 10.2. The van der Waals surface area contributed by atoms with Crippen LogP contribution in [0.2, 0.25) is 0 Å². The van der Waals surface area contributed by atoms with E-state index in [9.17, 15) is 4.79 Å². The van der Waals surface area contributed by atoms with Crippen molar-refractivity contribution in [2.45, 2.75) is 26.7 Å². The summed E-state index contributed by atoms with van der Waals surface area (Å²) in [5.74, 6) is 1.41. The van der Waals surface area contributed by atoms with Gasteiger partial charge in [0.25, 0.3) is 5.56 Å². The zero-order chi connectivity index (χ0) is 10.8. The van der Waals surface area contributed by atoms with E-state index in [0.717, 1.165) is 24.7 Å². The second-order valence-corrected chi connectivity index (χ2v) is 4.40. The molecule has 1 aliphatic heterocycles. The molecule has 0 spiro atoms. The van der Waals surface area contributed by atoms with Gasteiger partial charge in [-0.25, -0.2) is 4.98 Å². The van der Waals surface area contributed by atoms with Crippen molar-refractivity contribution in [1.29, 1.82) is 0 Å². The number of rotatable bonds is 1. The maximum absolute atomic E-state index is 11.3. The lowest BCUT2D eigenvalue weighted by Gasteiger charge is -2.31.